The molecule has 134 valence electrons. The largest absolute Gasteiger partial charge is 0.376 e. The van der Waals surface area contributed by atoms with Crippen LogP contribution < -0.4 is 10.6 Å². The lowest BCUT2D eigenvalue weighted by Crippen LogP contribution is -2.34. The van der Waals surface area contributed by atoms with Crippen molar-refractivity contribution in [1.29, 1.82) is 0 Å². The minimum atomic E-state index is -0.268. The Morgan fingerprint density at radius 2 is 2.24 bits per heavy atom. The Hall–Kier alpha value is -2.48. The van der Waals surface area contributed by atoms with Crippen LogP contribution in [0, 0.1) is 5.92 Å². The number of anilines is 1. The Kier molecular flexibility index (Phi) is 5.95. The van der Waals surface area contributed by atoms with Gasteiger partial charge < -0.3 is 15.4 Å². The Morgan fingerprint density at radius 1 is 1.36 bits per heavy atom. The fourth-order valence-corrected chi connectivity index (χ4v) is 3.00. The Balaban J connectivity index is 1.37. The minimum absolute atomic E-state index is 0.268. The normalized spacial score (nSPS) is 20.2. The van der Waals surface area contributed by atoms with Gasteiger partial charge in [-0.15, -0.1) is 0 Å². The van der Waals surface area contributed by atoms with Crippen molar-refractivity contribution in [2.24, 2.45) is 5.92 Å². The molecule has 0 bridgehead atoms. The van der Waals surface area contributed by atoms with E-state index in [2.05, 4.69) is 32.6 Å². The van der Waals surface area contributed by atoms with Crippen LogP contribution in [0.3, 0.4) is 0 Å². The Labute approximate surface area is 147 Å². The first-order valence-electron chi connectivity index (χ1n) is 8.70. The summed E-state index contributed by atoms with van der Waals surface area (Å²) in [7, 11) is 0. The molecule has 2 aromatic rings. The zero-order chi connectivity index (χ0) is 17.5. The second-order valence-electron chi connectivity index (χ2n) is 6.30. The second-order valence-corrected chi connectivity index (χ2v) is 6.30. The maximum atomic E-state index is 11.9. The van der Waals surface area contributed by atoms with Crippen molar-refractivity contribution < 1.29 is 9.53 Å². The van der Waals surface area contributed by atoms with Crippen LogP contribution in [0.4, 0.5) is 10.5 Å². The molecule has 2 heterocycles. The number of pyridine rings is 1. The zero-order valence-electron chi connectivity index (χ0n) is 14.4. The fraction of sp³-hybridized carbons (Fsp3) is 0.529. The molecule has 2 atom stereocenters. The van der Waals surface area contributed by atoms with E-state index >= 15 is 0 Å². The number of carbonyl (C=O) groups is 1. The van der Waals surface area contributed by atoms with E-state index in [1.165, 1.54) is 25.6 Å². The Morgan fingerprint density at radius 3 is 2.96 bits per heavy atom. The number of carbonyl (C=O) groups excluding carboxylic acids is 1. The second kappa shape index (κ2) is 8.57. The number of nitrogens with zero attached hydrogens (tertiary/aromatic N) is 4. The molecule has 1 saturated carbocycles. The predicted molar refractivity (Wildman–Crippen MR) is 93.5 cm³/mol. The lowest BCUT2D eigenvalue weighted by molar-refractivity contribution is -0.00232. The smallest absolute Gasteiger partial charge is 0.319 e. The molecule has 0 aromatic carbocycles. The van der Waals surface area contributed by atoms with E-state index < -0.39 is 0 Å². The van der Waals surface area contributed by atoms with Gasteiger partial charge in [0.05, 0.1) is 24.6 Å². The highest BCUT2D eigenvalue weighted by Crippen LogP contribution is 2.25. The molecule has 2 aromatic heterocycles. The standard InChI is InChI=1S/C17H24N6O2/c1-13-4-2-3-5-15(13)25-9-8-19-17(24)22-14-6-7-16(20-10-14)23-12-18-11-21-23/h6-7,10-13,15H,2-5,8-9H2,1H3,(H2,19,22,24)/t13-,15-/m0/s1. The molecule has 3 rings (SSSR count). The molecule has 1 fully saturated rings. The summed E-state index contributed by atoms with van der Waals surface area (Å²) in [5.74, 6) is 1.25. The highest BCUT2D eigenvalue weighted by molar-refractivity contribution is 5.89. The molecule has 0 radical (unpaired) electrons. The van der Waals surface area contributed by atoms with Crippen LogP contribution in [0.5, 0.6) is 0 Å². The predicted octanol–water partition coefficient (Wildman–Crippen LogP) is 2.38. The van der Waals surface area contributed by atoms with Gasteiger partial charge in [0.1, 0.15) is 12.7 Å². The van der Waals surface area contributed by atoms with Crippen LogP contribution in [-0.4, -0.2) is 45.0 Å². The van der Waals surface area contributed by atoms with Gasteiger partial charge in [0.15, 0.2) is 5.82 Å². The number of amides is 2. The summed E-state index contributed by atoms with van der Waals surface area (Å²) in [4.78, 5) is 20.0. The number of hydrogen-bond donors (Lipinski definition) is 2. The van der Waals surface area contributed by atoms with Crippen LogP contribution in [0.25, 0.3) is 5.82 Å². The van der Waals surface area contributed by atoms with Crippen LogP contribution in [-0.2, 0) is 4.74 Å². The molecule has 1 aliphatic rings. The summed E-state index contributed by atoms with van der Waals surface area (Å²) in [6, 6.07) is 3.26. The first-order chi connectivity index (χ1) is 12.2. The number of hydrogen-bond acceptors (Lipinski definition) is 5. The third kappa shape index (κ3) is 4.99. The summed E-state index contributed by atoms with van der Waals surface area (Å²) >= 11 is 0. The van der Waals surface area contributed by atoms with Gasteiger partial charge in [-0.1, -0.05) is 19.8 Å². The first-order valence-corrected chi connectivity index (χ1v) is 8.70. The number of rotatable bonds is 6. The molecule has 0 spiro atoms. The lowest BCUT2D eigenvalue weighted by atomic mass is 9.88. The van der Waals surface area contributed by atoms with Gasteiger partial charge in [-0.05, 0) is 30.9 Å². The zero-order valence-corrected chi connectivity index (χ0v) is 14.4. The fourth-order valence-electron chi connectivity index (χ4n) is 3.00. The van der Waals surface area contributed by atoms with E-state index in [4.69, 9.17) is 4.74 Å². The van der Waals surface area contributed by atoms with Crippen molar-refractivity contribution in [3.63, 3.8) is 0 Å². The molecule has 2 N–H and O–H groups in total. The van der Waals surface area contributed by atoms with Crippen molar-refractivity contribution in [1.82, 2.24) is 25.1 Å². The van der Waals surface area contributed by atoms with E-state index in [9.17, 15) is 4.79 Å². The van der Waals surface area contributed by atoms with Gasteiger partial charge in [0.25, 0.3) is 0 Å². The third-order valence-corrected chi connectivity index (χ3v) is 4.41. The van der Waals surface area contributed by atoms with Crippen molar-refractivity contribution in [2.75, 3.05) is 18.5 Å². The van der Waals surface area contributed by atoms with Crippen LogP contribution in [0.1, 0.15) is 32.6 Å². The molecule has 25 heavy (non-hydrogen) atoms. The molecular weight excluding hydrogens is 320 g/mol. The molecule has 0 saturated heterocycles. The average molecular weight is 344 g/mol. The van der Waals surface area contributed by atoms with E-state index in [1.807, 2.05) is 0 Å². The molecule has 2 amide bonds. The maximum absolute atomic E-state index is 11.9. The molecule has 0 aliphatic heterocycles. The summed E-state index contributed by atoms with van der Waals surface area (Å²) in [6.45, 7) is 3.26. The number of nitrogens with one attached hydrogen (secondary N) is 2. The van der Waals surface area contributed by atoms with Gasteiger partial charge in [0.2, 0.25) is 0 Å². The van der Waals surface area contributed by atoms with E-state index in [0.717, 1.165) is 6.42 Å². The highest BCUT2D eigenvalue weighted by atomic mass is 16.5. The topological polar surface area (TPSA) is 94.0 Å². The minimum Gasteiger partial charge on any atom is -0.376 e. The van der Waals surface area contributed by atoms with E-state index in [1.54, 1.807) is 29.3 Å². The van der Waals surface area contributed by atoms with Crippen molar-refractivity contribution in [3.05, 3.63) is 31.0 Å². The summed E-state index contributed by atoms with van der Waals surface area (Å²) in [5.41, 5.74) is 0.614. The van der Waals surface area contributed by atoms with Gasteiger partial charge >= 0.3 is 6.03 Å². The SMILES string of the molecule is C[C@H]1CCCC[C@@H]1OCCNC(=O)Nc1ccc(-n2cncn2)nc1. The van der Waals surface area contributed by atoms with Gasteiger partial charge in [0, 0.05) is 6.54 Å². The third-order valence-electron chi connectivity index (χ3n) is 4.41. The van der Waals surface area contributed by atoms with Crippen LogP contribution in [0.15, 0.2) is 31.0 Å². The molecule has 8 nitrogen and oxygen atoms in total. The monoisotopic (exact) mass is 344 g/mol. The number of urea groups is 1. The lowest BCUT2D eigenvalue weighted by Gasteiger charge is -2.28. The first kappa shape index (κ1) is 17.3. The van der Waals surface area contributed by atoms with E-state index in [0.29, 0.717) is 36.7 Å². The van der Waals surface area contributed by atoms with Crippen LogP contribution >= 0.6 is 0 Å². The maximum Gasteiger partial charge on any atom is 0.319 e. The molecule has 1 aliphatic carbocycles. The quantitative estimate of drug-likeness (QED) is 0.785. The van der Waals surface area contributed by atoms with E-state index in [-0.39, 0.29) is 6.03 Å². The van der Waals surface area contributed by atoms with Gasteiger partial charge in [-0.3, -0.25) is 0 Å². The number of aromatic nitrogens is 4. The van der Waals surface area contributed by atoms with Gasteiger partial charge in [-0.2, -0.15) is 5.10 Å². The van der Waals surface area contributed by atoms with Crippen molar-refractivity contribution in [2.45, 2.75) is 38.7 Å². The summed E-state index contributed by atoms with van der Waals surface area (Å²) < 4.78 is 7.43. The molecule has 8 heteroatoms. The summed E-state index contributed by atoms with van der Waals surface area (Å²) in [5, 5.41) is 9.55. The highest BCUT2D eigenvalue weighted by Gasteiger charge is 2.21. The molecule has 0 unspecified atom stereocenters. The molecular formula is C17H24N6O2. The summed E-state index contributed by atoms with van der Waals surface area (Å²) in [6.07, 6.45) is 9.80. The van der Waals surface area contributed by atoms with Crippen molar-refractivity contribution >= 4 is 11.7 Å². The average Bonchev–Trinajstić information content (AvgIpc) is 3.15. The number of ether oxygens (including phenoxy) is 1. The van der Waals surface area contributed by atoms with Crippen LogP contribution in [0.2, 0.25) is 0 Å². The van der Waals surface area contributed by atoms with Crippen molar-refractivity contribution in [3.8, 4) is 5.82 Å². The Bertz CT molecular complexity index is 658. The van der Waals surface area contributed by atoms with Gasteiger partial charge in [-0.25, -0.2) is 19.4 Å².